The zero-order chi connectivity index (χ0) is 86.1. The molecule has 0 N–H and O–H groups in total. The van der Waals surface area contributed by atoms with Crippen LogP contribution in [0.25, 0.3) is 138 Å². The van der Waals surface area contributed by atoms with Crippen LogP contribution < -0.4 is 14.7 Å². The lowest BCUT2D eigenvalue weighted by molar-refractivity contribution is 0.660. The van der Waals surface area contributed by atoms with Gasteiger partial charge in [-0.25, -0.2) is 0 Å². The molecule has 23 aromatic rings. The predicted octanol–water partition coefficient (Wildman–Crippen LogP) is 35.0. The summed E-state index contributed by atoms with van der Waals surface area (Å²) in [6, 6.07) is 183. The molecule has 0 unspecified atom stereocenters. The monoisotopic (exact) mass is 1680 g/mol. The highest BCUT2D eigenvalue weighted by Crippen LogP contribution is 2.52. The molecule has 628 valence electrons. The first-order valence-corrected chi connectivity index (χ1v) is 44.4. The second-order valence-corrected chi connectivity index (χ2v) is 33.6. The molecule has 6 heteroatoms. The molecular weight excluding hydrogens is 1590 g/mol. The number of hydrogen-bond donors (Lipinski definition) is 0. The first-order chi connectivity index (χ1) is 63.8. The van der Waals surface area contributed by atoms with E-state index in [1.54, 1.807) is 0 Å². The Labute approximate surface area is 767 Å². The lowest BCUT2D eigenvalue weighted by atomic mass is 9.82. The van der Waals surface area contributed by atoms with Gasteiger partial charge in [-0.3, -0.25) is 0 Å². The average molecular weight is 1680 g/mol. The molecule has 0 amide bonds. The standard InChI is InChI=1S/C45H34N2.C42H30N2.C36H26N2.2CH4/c1-45(2)41-19-11-9-17-37(41)38-27-25-36(30-42(38)45)46(34-23-21-32(22-24-34)31-13-5-3-6-14-31)35-26-28-44-40(29-35)39-18-10-12-20-43(39)47(44)33-15-7-4-8-16-33;1-4-12-31(13-5-1)33-20-24-36(25-21-33)43(37-26-22-34(23-27-37)32-14-6-2-7-15-32)38-28-29-42-40(30-38)39-18-10-11-19-41(39)44(42)35-16-8-3-9-17-35;1-4-12-27(13-5-1)28-20-22-31(23-21-28)37(29-14-6-2-7-15-29)32-24-25-36-34(26-32)33-18-10-11-19-35(33)38(36)30-16-8-3-9-17-30;;/h3-30H,1-2H3;1-30H;1-26H;2*1H4. The van der Waals surface area contributed by atoms with Crippen molar-refractivity contribution in [1.82, 2.24) is 13.7 Å². The minimum Gasteiger partial charge on any atom is -0.310 e. The number of benzene rings is 20. The van der Waals surface area contributed by atoms with E-state index < -0.39 is 0 Å². The van der Waals surface area contributed by atoms with Crippen LogP contribution in [0.4, 0.5) is 51.2 Å². The Kier molecular flexibility index (Phi) is 22.6. The number of aromatic nitrogens is 3. The van der Waals surface area contributed by atoms with Crippen molar-refractivity contribution in [2.45, 2.75) is 34.1 Å². The molecule has 24 rings (SSSR count). The molecule has 20 aromatic carbocycles. The first-order valence-electron chi connectivity index (χ1n) is 44.4. The molecule has 0 aliphatic heterocycles. The van der Waals surface area contributed by atoms with Crippen LogP contribution in [0.1, 0.15) is 39.8 Å². The van der Waals surface area contributed by atoms with E-state index >= 15 is 0 Å². The van der Waals surface area contributed by atoms with Crippen molar-refractivity contribution in [2.24, 2.45) is 0 Å². The predicted molar refractivity (Wildman–Crippen MR) is 559 cm³/mol. The fraction of sp³-hybridized carbons (Fsp3) is 0.0400. The maximum Gasteiger partial charge on any atom is 0.0542 e. The molecule has 0 saturated carbocycles. The molecule has 0 saturated heterocycles. The molecule has 0 radical (unpaired) electrons. The molecule has 1 aliphatic rings. The van der Waals surface area contributed by atoms with Crippen molar-refractivity contribution in [3.05, 3.63) is 521 Å². The molecule has 1 aliphatic carbocycles. The zero-order valence-electron chi connectivity index (χ0n) is 71.7. The van der Waals surface area contributed by atoms with Crippen molar-refractivity contribution in [2.75, 3.05) is 14.7 Å². The third kappa shape index (κ3) is 15.6. The minimum absolute atomic E-state index is 0. The summed E-state index contributed by atoms with van der Waals surface area (Å²) in [4.78, 5) is 7.11. The first kappa shape index (κ1) is 82.5. The van der Waals surface area contributed by atoms with E-state index in [0.717, 1.165) is 56.9 Å². The highest BCUT2D eigenvalue weighted by molar-refractivity contribution is 6.13. The van der Waals surface area contributed by atoms with E-state index in [-0.39, 0.29) is 20.3 Å². The van der Waals surface area contributed by atoms with Gasteiger partial charge in [0.15, 0.2) is 0 Å². The number of hydrogen-bond acceptors (Lipinski definition) is 3. The van der Waals surface area contributed by atoms with Gasteiger partial charge in [-0.1, -0.05) is 356 Å². The van der Waals surface area contributed by atoms with Gasteiger partial charge < -0.3 is 28.4 Å². The Morgan fingerprint density at radius 3 is 0.695 bits per heavy atom. The van der Waals surface area contributed by atoms with Crippen molar-refractivity contribution in [3.63, 3.8) is 0 Å². The van der Waals surface area contributed by atoms with Gasteiger partial charge in [0.1, 0.15) is 0 Å². The summed E-state index contributed by atoms with van der Waals surface area (Å²) in [5.74, 6) is 0. The second-order valence-electron chi connectivity index (χ2n) is 33.6. The second kappa shape index (κ2) is 35.9. The summed E-state index contributed by atoms with van der Waals surface area (Å²) in [6.45, 7) is 4.70. The molecule has 131 heavy (non-hydrogen) atoms. The minimum atomic E-state index is -0.0855. The summed E-state index contributed by atoms with van der Waals surface area (Å²) in [6.07, 6.45) is 0. The molecule has 0 atom stereocenters. The lowest BCUT2D eigenvalue weighted by Gasteiger charge is -2.28. The lowest BCUT2D eigenvalue weighted by Crippen LogP contribution is -2.16. The van der Waals surface area contributed by atoms with Crippen LogP contribution >= 0.6 is 0 Å². The van der Waals surface area contributed by atoms with Crippen LogP contribution in [0.5, 0.6) is 0 Å². The fourth-order valence-electron chi connectivity index (χ4n) is 19.3. The average Bonchev–Trinajstić information content (AvgIpc) is 1.57. The summed E-state index contributed by atoms with van der Waals surface area (Å²) in [7, 11) is 0. The Bertz CT molecular complexity index is 7850. The van der Waals surface area contributed by atoms with Crippen LogP contribution in [0.2, 0.25) is 0 Å². The van der Waals surface area contributed by atoms with Gasteiger partial charge in [-0.05, 0) is 249 Å². The fourth-order valence-corrected chi connectivity index (χ4v) is 19.3. The Morgan fingerprint density at radius 2 is 0.374 bits per heavy atom. The molecule has 0 bridgehead atoms. The quantitative estimate of drug-likeness (QED) is 0.0964. The van der Waals surface area contributed by atoms with Gasteiger partial charge >= 0.3 is 0 Å². The Morgan fingerprint density at radius 1 is 0.160 bits per heavy atom. The van der Waals surface area contributed by atoms with Gasteiger partial charge in [0.05, 0.1) is 33.1 Å². The van der Waals surface area contributed by atoms with Crippen LogP contribution in [-0.2, 0) is 5.41 Å². The summed E-state index contributed by atoms with van der Waals surface area (Å²) in [5, 5.41) is 7.45. The largest absolute Gasteiger partial charge is 0.310 e. The number of fused-ring (bicyclic) bond motifs is 12. The number of anilines is 9. The van der Waals surface area contributed by atoms with Gasteiger partial charge in [0.25, 0.3) is 0 Å². The highest BCUT2D eigenvalue weighted by Gasteiger charge is 2.36. The third-order valence-corrected chi connectivity index (χ3v) is 25.6. The maximum atomic E-state index is 2.42. The van der Waals surface area contributed by atoms with Crippen molar-refractivity contribution < 1.29 is 0 Å². The molecule has 3 heterocycles. The van der Waals surface area contributed by atoms with Gasteiger partial charge in [-0.2, -0.15) is 0 Å². The van der Waals surface area contributed by atoms with Crippen molar-refractivity contribution >= 4 is 117 Å². The third-order valence-electron chi connectivity index (χ3n) is 25.6. The van der Waals surface area contributed by atoms with E-state index in [1.807, 2.05) is 0 Å². The topological polar surface area (TPSA) is 24.5 Å². The molecule has 6 nitrogen and oxygen atoms in total. The highest BCUT2D eigenvalue weighted by atomic mass is 15.2. The number of nitrogens with zero attached hydrogens (tertiary/aromatic N) is 6. The Hall–Kier alpha value is -16.8. The molecular formula is C125H98N6. The smallest absolute Gasteiger partial charge is 0.0542 e. The van der Waals surface area contributed by atoms with Crippen LogP contribution in [0, 0.1) is 0 Å². The normalized spacial score (nSPS) is 11.7. The van der Waals surface area contributed by atoms with Crippen molar-refractivity contribution in [3.8, 4) is 72.7 Å². The van der Waals surface area contributed by atoms with Gasteiger partial charge in [0.2, 0.25) is 0 Å². The van der Waals surface area contributed by atoms with Crippen LogP contribution in [-0.4, -0.2) is 13.7 Å². The van der Waals surface area contributed by atoms with Gasteiger partial charge in [0, 0.05) is 106 Å². The summed E-state index contributed by atoms with van der Waals surface area (Å²) in [5.41, 5.74) is 35.9. The van der Waals surface area contributed by atoms with Crippen molar-refractivity contribution in [1.29, 1.82) is 0 Å². The van der Waals surface area contributed by atoms with Crippen LogP contribution in [0.3, 0.4) is 0 Å². The van der Waals surface area contributed by atoms with E-state index in [0.29, 0.717) is 0 Å². The van der Waals surface area contributed by atoms with E-state index in [2.05, 4.69) is 552 Å². The molecule has 0 spiro atoms. The van der Waals surface area contributed by atoms with E-state index in [1.165, 1.54) is 144 Å². The molecule has 3 aromatic heterocycles. The SMILES string of the molecule is C.C.CC1(C)c2ccccc2-c2ccc(N(c3ccc(-c4ccccc4)cc3)c3ccc4c(c3)c3ccccc3n4-c3ccccc3)cc21.c1ccc(-c2ccc(N(c3ccc(-c4ccccc4)cc3)c3ccc4c(c3)c3ccccc3n4-c3ccccc3)cc2)cc1.c1ccc(-c2ccc(N(c3ccccc3)c3ccc4c(c3)c3ccccc3n4-c3ccccc3)cc2)cc1. The summed E-state index contributed by atoms with van der Waals surface area (Å²) < 4.78 is 7.10. The molecule has 0 fully saturated rings. The Balaban J connectivity index is 0.000000122. The van der Waals surface area contributed by atoms with Gasteiger partial charge in [-0.15, -0.1) is 0 Å². The number of rotatable bonds is 16. The summed E-state index contributed by atoms with van der Waals surface area (Å²) >= 11 is 0. The van der Waals surface area contributed by atoms with Crippen LogP contribution in [0.15, 0.2) is 510 Å². The van der Waals surface area contributed by atoms with E-state index in [4.69, 9.17) is 0 Å². The van der Waals surface area contributed by atoms with E-state index in [9.17, 15) is 0 Å². The number of para-hydroxylation sites is 7. The zero-order valence-corrected chi connectivity index (χ0v) is 71.7. The maximum absolute atomic E-state index is 2.42.